The van der Waals surface area contributed by atoms with E-state index in [1.54, 1.807) is 6.92 Å². The lowest BCUT2D eigenvalue weighted by Crippen LogP contribution is -2.28. The van der Waals surface area contributed by atoms with Crippen LogP contribution in [0.1, 0.15) is 18.3 Å². The van der Waals surface area contributed by atoms with Gasteiger partial charge in [-0.3, -0.25) is 0 Å². The van der Waals surface area contributed by atoms with Crippen molar-refractivity contribution in [2.45, 2.75) is 20.3 Å². The van der Waals surface area contributed by atoms with E-state index in [1.165, 1.54) is 18.4 Å². The van der Waals surface area contributed by atoms with Gasteiger partial charge in [0, 0.05) is 32.6 Å². The molecule has 0 aliphatic heterocycles. The molecule has 0 radical (unpaired) electrons. The van der Waals surface area contributed by atoms with Gasteiger partial charge in [0.05, 0.1) is 5.75 Å². The van der Waals surface area contributed by atoms with Gasteiger partial charge in [0.15, 0.2) is 0 Å². The molecule has 0 bridgehead atoms. The number of nitrogens with one attached hydrogen (secondary N) is 1. The Hall–Kier alpha value is -1.41. The van der Waals surface area contributed by atoms with Crippen LogP contribution >= 0.6 is 0 Å². The lowest BCUT2D eigenvalue weighted by Gasteiger charge is -2.14. The van der Waals surface area contributed by atoms with E-state index in [0.717, 1.165) is 5.56 Å². The zero-order chi connectivity index (χ0) is 14.6. The van der Waals surface area contributed by atoms with Crippen LogP contribution in [0.5, 0.6) is 0 Å². The molecule has 0 unspecified atom stereocenters. The topological polar surface area (TPSA) is 101 Å². The smallest absolute Gasteiger partial charge is 0.215 e. The molecule has 7 nitrogen and oxygen atoms in total. The van der Waals surface area contributed by atoms with Crippen molar-refractivity contribution in [3.63, 3.8) is 0 Å². The van der Waals surface area contributed by atoms with Crippen LogP contribution in [-0.4, -0.2) is 49.1 Å². The third-order valence-electron chi connectivity index (χ3n) is 2.75. The van der Waals surface area contributed by atoms with Crippen molar-refractivity contribution >= 4 is 21.7 Å². The molecule has 0 amide bonds. The predicted octanol–water partition coefficient (Wildman–Crippen LogP) is 0.233. The molecular weight excluding hydrogens is 266 g/mol. The van der Waals surface area contributed by atoms with Crippen molar-refractivity contribution in [1.29, 1.82) is 0 Å². The Morgan fingerprint density at radius 1 is 1.32 bits per heavy atom. The normalized spacial score (nSPS) is 11.8. The van der Waals surface area contributed by atoms with Crippen molar-refractivity contribution in [3.05, 3.63) is 11.4 Å². The van der Waals surface area contributed by atoms with Crippen LogP contribution in [0.25, 0.3) is 0 Å². The molecule has 3 N–H and O–H groups in total. The fourth-order valence-corrected chi connectivity index (χ4v) is 2.12. The highest BCUT2D eigenvalue weighted by molar-refractivity contribution is 7.89. The summed E-state index contributed by atoms with van der Waals surface area (Å²) in [7, 11) is -0.186. The van der Waals surface area contributed by atoms with E-state index in [1.807, 2.05) is 6.92 Å². The molecule has 1 aromatic rings. The number of aryl methyl sites for hydroxylation is 1. The van der Waals surface area contributed by atoms with Gasteiger partial charge < -0.3 is 11.1 Å². The Balaban J connectivity index is 2.76. The molecule has 0 atom stereocenters. The number of nitrogen functional groups attached to an aromatic ring is 1. The zero-order valence-electron chi connectivity index (χ0n) is 11.8. The molecule has 0 saturated heterocycles. The molecule has 108 valence electrons. The average Bonchev–Trinajstić information content (AvgIpc) is 2.33. The van der Waals surface area contributed by atoms with Crippen molar-refractivity contribution in [2.24, 2.45) is 0 Å². The molecule has 8 heteroatoms. The monoisotopic (exact) mass is 287 g/mol. The Labute approximate surface area is 114 Å². The quantitative estimate of drug-likeness (QED) is 0.777. The predicted molar refractivity (Wildman–Crippen MR) is 76.5 cm³/mol. The number of hydrogen-bond acceptors (Lipinski definition) is 6. The van der Waals surface area contributed by atoms with Crippen LogP contribution in [0.15, 0.2) is 0 Å². The summed E-state index contributed by atoms with van der Waals surface area (Å²) < 4.78 is 24.4. The van der Waals surface area contributed by atoms with Gasteiger partial charge in [-0.2, -0.15) is 0 Å². The molecule has 1 aromatic heterocycles. The minimum absolute atomic E-state index is 0.00477. The lowest BCUT2D eigenvalue weighted by molar-refractivity contribution is 0.521. The van der Waals surface area contributed by atoms with Crippen LogP contribution < -0.4 is 11.1 Å². The van der Waals surface area contributed by atoms with E-state index in [-0.39, 0.29) is 12.3 Å². The Bertz CT molecular complexity index is 542. The number of rotatable bonds is 6. The Kier molecular flexibility index (Phi) is 5.07. The van der Waals surface area contributed by atoms with Gasteiger partial charge in [0.25, 0.3) is 0 Å². The molecule has 19 heavy (non-hydrogen) atoms. The van der Waals surface area contributed by atoms with Crippen molar-refractivity contribution in [2.75, 3.05) is 37.4 Å². The third kappa shape index (κ3) is 4.03. The summed E-state index contributed by atoms with van der Waals surface area (Å²) in [6, 6.07) is 0. The van der Waals surface area contributed by atoms with Gasteiger partial charge in [-0.25, -0.2) is 22.7 Å². The highest BCUT2D eigenvalue weighted by Gasteiger charge is 2.14. The second-order valence-corrected chi connectivity index (χ2v) is 6.68. The van der Waals surface area contributed by atoms with Crippen molar-refractivity contribution < 1.29 is 8.42 Å². The molecule has 1 heterocycles. The second-order valence-electron chi connectivity index (χ2n) is 4.38. The molecule has 0 aromatic carbocycles. The van der Waals surface area contributed by atoms with Gasteiger partial charge in [-0.1, -0.05) is 6.92 Å². The number of sulfonamides is 1. The molecule has 0 aliphatic rings. The van der Waals surface area contributed by atoms with E-state index in [4.69, 9.17) is 5.73 Å². The van der Waals surface area contributed by atoms with E-state index in [0.29, 0.717) is 23.9 Å². The minimum Gasteiger partial charge on any atom is -0.383 e. The Morgan fingerprint density at radius 2 is 1.95 bits per heavy atom. The van der Waals surface area contributed by atoms with Gasteiger partial charge in [0.1, 0.15) is 17.5 Å². The minimum atomic E-state index is -3.21. The van der Waals surface area contributed by atoms with Crippen molar-refractivity contribution in [1.82, 2.24) is 14.3 Å². The zero-order valence-corrected chi connectivity index (χ0v) is 12.6. The molecule has 0 fully saturated rings. The van der Waals surface area contributed by atoms with E-state index in [9.17, 15) is 8.42 Å². The van der Waals surface area contributed by atoms with Crippen LogP contribution in [0, 0.1) is 6.92 Å². The maximum absolute atomic E-state index is 11.6. The summed E-state index contributed by atoms with van der Waals surface area (Å²) in [5.74, 6) is 1.66. The number of anilines is 2. The van der Waals surface area contributed by atoms with E-state index >= 15 is 0 Å². The number of nitrogens with two attached hydrogens (primary N) is 1. The largest absolute Gasteiger partial charge is 0.383 e. The van der Waals surface area contributed by atoms with Crippen LogP contribution in [-0.2, 0) is 16.4 Å². The number of nitrogens with zero attached hydrogens (tertiary/aromatic N) is 3. The Morgan fingerprint density at radius 3 is 2.47 bits per heavy atom. The molecule has 0 saturated carbocycles. The number of hydrogen-bond donors (Lipinski definition) is 2. The van der Waals surface area contributed by atoms with Crippen LogP contribution in [0.4, 0.5) is 11.6 Å². The fourth-order valence-electron chi connectivity index (χ4n) is 1.39. The SMILES string of the molecule is CCc1nc(N)c(C)c(NCCS(=O)(=O)N(C)C)n1. The lowest BCUT2D eigenvalue weighted by atomic mass is 10.3. The van der Waals surface area contributed by atoms with Gasteiger partial charge >= 0.3 is 0 Å². The maximum atomic E-state index is 11.6. The first-order valence-corrected chi connectivity index (χ1v) is 7.66. The number of aromatic nitrogens is 2. The van der Waals surface area contributed by atoms with Crippen LogP contribution in [0.3, 0.4) is 0 Å². The second kappa shape index (κ2) is 6.16. The maximum Gasteiger partial charge on any atom is 0.215 e. The summed E-state index contributed by atoms with van der Waals surface area (Å²) in [5, 5.41) is 3.00. The summed E-state index contributed by atoms with van der Waals surface area (Å²) in [4.78, 5) is 8.44. The molecular formula is C11H21N5O2S. The van der Waals surface area contributed by atoms with Gasteiger partial charge in [-0.05, 0) is 6.92 Å². The van der Waals surface area contributed by atoms with Gasteiger partial charge in [0.2, 0.25) is 10.0 Å². The molecule has 1 rings (SSSR count). The molecule has 0 aliphatic carbocycles. The van der Waals surface area contributed by atoms with E-state index in [2.05, 4.69) is 15.3 Å². The highest BCUT2D eigenvalue weighted by atomic mass is 32.2. The van der Waals surface area contributed by atoms with Gasteiger partial charge in [-0.15, -0.1) is 0 Å². The van der Waals surface area contributed by atoms with Crippen LogP contribution in [0.2, 0.25) is 0 Å². The fraction of sp³-hybridized carbons (Fsp3) is 0.636. The molecule has 0 spiro atoms. The summed E-state index contributed by atoms with van der Waals surface area (Å²) in [6.45, 7) is 4.02. The highest BCUT2D eigenvalue weighted by Crippen LogP contribution is 2.17. The first kappa shape index (κ1) is 15.6. The summed E-state index contributed by atoms with van der Waals surface area (Å²) in [5.41, 5.74) is 6.52. The first-order chi connectivity index (χ1) is 8.77. The third-order valence-corrected chi connectivity index (χ3v) is 4.59. The van der Waals surface area contributed by atoms with E-state index < -0.39 is 10.0 Å². The first-order valence-electron chi connectivity index (χ1n) is 6.05. The summed E-state index contributed by atoms with van der Waals surface area (Å²) >= 11 is 0. The van der Waals surface area contributed by atoms with Crippen molar-refractivity contribution in [3.8, 4) is 0 Å². The summed E-state index contributed by atoms with van der Waals surface area (Å²) in [6.07, 6.45) is 0.676. The standard InChI is InChI=1S/C11H21N5O2S/c1-5-9-14-10(12)8(2)11(15-9)13-6-7-19(17,18)16(3)4/h5-7H2,1-4H3,(H3,12,13,14,15). The average molecular weight is 287 g/mol.